The summed E-state index contributed by atoms with van der Waals surface area (Å²) in [6.07, 6.45) is 0. The number of rotatable bonds is 7. The van der Waals surface area contributed by atoms with Crippen LogP contribution >= 0.6 is 11.6 Å². The molecule has 0 fully saturated rings. The number of hydrogen-bond acceptors (Lipinski definition) is 8. The van der Waals surface area contributed by atoms with E-state index in [0.29, 0.717) is 23.0 Å². The number of nitro groups is 1. The predicted octanol–water partition coefficient (Wildman–Crippen LogP) is 3.98. The van der Waals surface area contributed by atoms with E-state index in [1.807, 2.05) is 12.1 Å². The highest BCUT2D eigenvalue weighted by atomic mass is 35.5. The summed E-state index contributed by atoms with van der Waals surface area (Å²) in [5, 5.41) is 17.9. The molecule has 10 heteroatoms. The van der Waals surface area contributed by atoms with Gasteiger partial charge in [0.05, 0.1) is 12.0 Å². The van der Waals surface area contributed by atoms with Crippen LogP contribution in [0.25, 0.3) is 0 Å². The van der Waals surface area contributed by atoms with Gasteiger partial charge < -0.3 is 21.1 Å². The molecule has 0 aliphatic heterocycles. The van der Waals surface area contributed by atoms with Crippen molar-refractivity contribution < 1.29 is 9.66 Å². The summed E-state index contributed by atoms with van der Waals surface area (Å²) in [5.41, 5.74) is 6.93. The van der Waals surface area contributed by atoms with Crippen molar-refractivity contribution in [3.63, 3.8) is 0 Å². The van der Waals surface area contributed by atoms with E-state index in [4.69, 9.17) is 22.1 Å². The fourth-order valence-electron chi connectivity index (χ4n) is 2.41. The molecule has 3 aromatic rings. The Morgan fingerprint density at radius 2 is 1.82 bits per heavy atom. The number of nitrogens with one attached hydrogen (secondary N) is 2. The molecule has 0 spiro atoms. The topological polar surface area (TPSA) is 128 Å². The minimum Gasteiger partial charge on any atom is -0.497 e. The Morgan fingerprint density at radius 1 is 1.14 bits per heavy atom. The first-order chi connectivity index (χ1) is 13.5. The molecule has 1 aromatic heterocycles. The van der Waals surface area contributed by atoms with Gasteiger partial charge in [-0.1, -0.05) is 23.7 Å². The number of nitrogens with two attached hydrogens (primary N) is 1. The molecule has 0 bridgehead atoms. The summed E-state index contributed by atoms with van der Waals surface area (Å²) < 4.78 is 5.10. The molecule has 1 heterocycles. The van der Waals surface area contributed by atoms with Crippen molar-refractivity contribution in [3.05, 3.63) is 69.2 Å². The molecule has 3 rings (SSSR count). The van der Waals surface area contributed by atoms with Gasteiger partial charge in [-0.25, -0.2) is 0 Å². The van der Waals surface area contributed by atoms with Crippen LogP contribution in [0.3, 0.4) is 0 Å². The highest BCUT2D eigenvalue weighted by molar-refractivity contribution is 6.30. The van der Waals surface area contributed by atoms with Crippen LogP contribution < -0.4 is 21.1 Å². The van der Waals surface area contributed by atoms with Crippen molar-refractivity contribution >= 4 is 40.6 Å². The van der Waals surface area contributed by atoms with Crippen LogP contribution in [0.2, 0.25) is 5.02 Å². The second kappa shape index (κ2) is 8.40. The van der Waals surface area contributed by atoms with E-state index in [-0.39, 0.29) is 17.6 Å². The number of nitrogen functional groups attached to an aromatic ring is 1. The van der Waals surface area contributed by atoms with Crippen LogP contribution in [0.4, 0.5) is 29.0 Å². The molecule has 0 aliphatic carbocycles. The fourth-order valence-corrected chi connectivity index (χ4v) is 2.54. The first kappa shape index (κ1) is 19.2. The maximum absolute atomic E-state index is 11.4. The van der Waals surface area contributed by atoms with Crippen molar-refractivity contribution in [2.24, 2.45) is 0 Å². The number of anilines is 4. The van der Waals surface area contributed by atoms with Crippen molar-refractivity contribution in [1.29, 1.82) is 0 Å². The predicted molar refractivity (Wildman–Crippen MR) is 108 cm³/mol. The molecule has 0 saturated carbocycles. The third-order valence-electron chi connectivity index (χ3n) is 3.81. The SMILES string of the molecule is COc1ccc(Nc2nc(NCc3ccc(Cl)cc3)nc(N)c2[N+](=O)[O-])cc1. The summed E-state index contributed by atoms with van der Waals surface area (Å²) >= 11 is 5.87. The molecule has 0 aliphatic rings. The van der Waals surface area contributed by atoms with Gasteiger partial charge in [-0.15, -0.1) is 0 Å². The molecular formula is C18H17ClN6O3. The number of hydrogen-bond donors (Lipinski definition) is 3. The lowest BCUT2D eigenvalue weighted by molar-refractivity contribution is -0.383. The van der Waals surface area contributed by atoms with E-state index < -0.39 is 10.6 Å². The molecule has 28 heavy (non-hydrogen) atoms. The van der Waals surface area contributed by atoms with Crippen molar-refractivity contribution in [2.75, 3.05) is 23.5 Å². The molecule has 0 unspecified atom stereocenters. The highest BCUT2D eigenvalue weighted by Gasteiger charge is 2.23. The monoisotopic (exact) mass is 400 g/mol. The lowest BCUT2D eigenvalue weighted by atomic mass is 10.2. The first-order valence-corrected chi connectivity index (χ1v) is 8.55. The lowest BCUT2D eigenvalue weighted by Gasteiger charge is -2.11. The van der Waals surface area contributed by atoms with Gasteiger partial charge in [0, 0.05) is 17.3 Å². The number of benzene rings is 2. The Kier molecular flexibility index (Phi) is 5.75. The van der Waals surface area contributed by atoms with Gasteiger partial charge in [0.25, 0.3) is 0 Å². The normalized spacial score (nSPS) is 10.4. The zero-order valence-electron chi connectivity index (χ0n) is 14.8. The van der Waals surface area contributed by atoms with E-state index in [1.165, 1.54) is 0 Å². The molecule has 0 atom stereocenters. The fraction of sp³-hybridized carbons (Fsp3) is 0.111. The Balaban J connectivity index is 1.85. The Morgan fingerprint density at radius 3 is 2.43 bits per heavy atom. The van der Waals surface area contributed by atoms with Crippen LogP contribution in [0.1, 0.15) is 5.56 Å². The van der Waals surface area contributed by atoms with Crippen LogP contribution in [0.5, 0.6) is 5.75 Å². The summed E-state index contributed by atoms with van der Waals surface area (Å²) in [5.74, 6) is 0.567. The van der Waals surface area contributed by atoms with Gasteiger partial charge in [0.1, 0.15) is 5.75 Å². The molecule has 4 N–H and O–H groups in total. The Bertz CT molecular complexity index is 980. The van der Waals surface area contributed by atoms with Gasteiger partial charge >= 0.3 is 5.69 Å². The van der Waals surface area contributed by atoms with Gasteiger partial charge in [-0.3, -0.25) is 10.1 Å². The van der Waals surface area contributed by atoms with E-state index in [1.54, 1.807) is 43.5 Å². The maximum Gasteiger partial charge on any atom is 0.353 e. The number of aromatic nitrogens is 2. The molecule has 2 aromatic carbocycles. The van der Waals surface area contributed by atoms with E-state index >= 15 is 0 Å². The molecule has 0 amide bonds. The van der Waals surface area contributed by atoms with E-state index in [0.717, 1.165) is 5.56 Å². The highest BCUT2D eigenvalue weighted by Crippen LogP contribution is 2.31. The zero-order chi connectivity index (χ0) is 20.1. The van der Waals surface area contributed by atoms with Gasteiger partial charge in [-0.05, 0) is 42.0 Å². The second-order valence-electron chi connectivity index (χ2n) is 5.72. The van der Waals surface area contributed by atoms with Crippen LogP contribution in [-0.4, -0.2) is 22.0 Å². The summed E-state index contributed by atoms with van der Waals surface area (Å²) in [6.45, 7) is 0.399. The standard InChI is InChI=1S/C18H17ClN6O3/c1-28-14-8-6-13(7-9-14)22-17-15(25(26)27)16(20)23-18(24-17)21-10-11-2-4-12(19)5-3-11/h2-9H,10H2,1H3,(H4,20,21,22,23,24). The van der Waals surface area contributed by atoms with Gasteiger partial charge in [-0.2, -0.15) is 9.97 Å². The minimum absolute atomic E-state index is 0.0127. The Labute approximate surface area is 165 Å². The summed E-state index contributed by atoms with van der Waals surface area (Å²) in [4.78, 5) is 19.0. The van der Waals surface area contributed by atoms with Gasteiger partial charge in [0.15, 0.2) is 0 Å². The zero-order valence-corrected chi connectivity index (χ0v) is 15.6. The Hall–Kier alpha value is -3.59. The van der Waals surface area contributed by atoms with E-state index in [9.17, 15) is 10.1 Å². The van der Waals surface area contributed by atoms with Crippen LogP contribution in [0.15, 0.2) is 48.5 Å². The third-order valence-corrected chi connectivity index (χ3v) is 4.06. The van der Waals surface area contributed by atoms with Crippen molar-refractivity contribution in [3.8, 4) is 5.75 Å². The second-order valence-corrected chi connectivity index (χ2v) is 6.16. The molecule has 9 nitrogen and oxygen atoms in total. The average Bonchev–Trinajstić information content (AvgIpc) is 2.67. The molecule has 0 saturated heterocycles. The quantitative estimate of drug-likeness (QED) is 0.401. The first-order valence-electron chi connectivity index (χ1n) is 8.17. The number of halogens is 1. The smallest absolute Gasteiger partial charge is 0.353 e. The van der Waals surface area contributed by atoms with Crippen molar-refractivity contribution in [2.45, 2.75) is 6.54 Å². The maximum atomic E-state index is 11.4. The largest absolute Gasteiger partial charge is 0.497 e. The summed E-state index contributed by atoms with van der Waals surface area (Å²) in [6, 6.07) is 14.1. The van der Waals surface area contributed by atoms with Gasteiger partial charge in [0.2, 0.25) is 17.6 Å². The number of methoxy groups -OCH3 is 1. The van der Waals surface area contributed by atoms with Crippen LogP contribution in [-0.2, 0) is 6.54 Å². The average molecular weight is 401 g/mol. The molecular weight excluding hydrogens is 384 g/mol. The number of ether oxygens (including phenoxy) is 1. The van der Waals surface area contributed by atoms with Crippen LogP contribution in [0, 0.1) is 10.1 Å². The molecule has 144 valence electrons. The third kappa shape index (κ3) is 4.57. The molecule has 0 radical (unpaired) electrons. The summed E-state index contributed by atoms with van der Waals surface area (Å²) in [7, 11) is 1.55. The lowest BCUT2D eigenvalue weighted by Crippen LogP contribution is -2.10. The number of nitrogens with zero attached hydrogens (tertiary/aromatic N) is 3. The minimum atomic E-state index is -0.621. The van der Waals surface area contributed by atoms with Crippen molar-refractivity contribution in [1.82, 2.24) is 9.97 Å². The van der Waals surface area contributed by atoms with E-state index in [2.05, 4.69) is 20.6 Å².